The zero-order valence-electron chi connectivity index (χ0n) is 11.5. The maximum absolute atomic E-state index is 13.8. The first kappa shape index (κ1) is 13.9. The molecule has 0 fully saturated rings. The van der Waals surface area contributed by atoms with E-state index in [4.69, 9.17) is 4.74 Å². The molecule has 1 heterocycles. The molecular weight excluding hydrogens is 287 g/mol. The monoisotopic (exact) mass is 300 g/mol. The number of ether oxygens (including phenoxy) is 1. The molecule has 22 heavy (non-hydrogen) atoms. The second-order valence-corrected chi connectivity index (χ2v) is 4.73. The Morgan fingerprint density at radius 1 is 1.09 bits per heavy atom. The van der Waals surface area contributed by atoms with Gasteiger partial charge in [-0.3, -0.25) is 4.57 Å². The van der Waals surface area contributed by atoms with Gasteiger partial charge in [-0.25, -0.2) is 9.18 Å². The SMILES string of the molecule is O=c1n(O)ccn1Cc1ccc(F)c(Oc2ccccc2)c1. The van der Waals surface area contributed by atoms with Crippen molar-refractivity contribution in [3.8, 4) is 11.5 Å². The van der Waals surface area contributed by atoms with Crippen LogP contribution in [-0.4, -0.2) is 14.5 Å². The molecule has 0 amide bonds. The van der Waals surface area contributed by atoms with Crippen molar-refractivity contribution in [1.82, 2.24) is 9.30 Å². The van der Waals surface area contributed by atoms with E-state index in [0.717, 1.165) is 0 Å². The summed E-state index contributed by atoms with van der Waals surface area (Å²) in [6, 6.07) is 13.3. The van der Waals surface area contributed by atoms with Crippen molar-refractivity contribution in [2.45, 2.75) is 6.54 Å². The van der Waals surface area contributed by atoms with E-state index in [0.29, 0.717) is 16.0 Å². The zero-order chi connectivity index (χ0) is 15.5. The molecule has 6 heteroatoms. The average Bonchev–Trinajstić information content (AvgIpc) is 2.84. The normalized spacial score (nSPS) is 10.6. The molecule has 0 aliphatic carbocycles. The molecule has 0 spiro atoms. The van der Waals surface area contributed by atoms with Gasteiger partial charge >= 0.3 is 5.69 Å². The van der Waals surface area contributed by atoms with E-state index in [1.165, 1.54) is 29.1 Å². The van der Waals surface area contributed by atoms with Crippen LogP contribution in [0.2, 0.25) is 0 Å². The maximum Gasteiger partial charge on any atom is 0.361 e. The fourth-order valence-electron chi connectivity index (χ4n) is 2.06. The Kier molecular flexibility index (Phi) is 3.65. The van der Waals surface area contributed by atoms with Gasteiger partial charge < -0.3 is 9.94 Å². The summed E-state index contributed by atoms with van der Waals surface area (Å²) in [4.78, 5) is 11.6. The van der Waals surface area contributed by atoms with Crippen molar-refractivity contribution < 1.29 is 14.3 Å². The average molecular weight is 300 g/mol. The predicted octanol–water partition coefficient (Wildman–Crippen LogP) is 2.87. The summed E-state index contributed by atoms with van der Waals surface area (Å²) in [5, 5.41) is 9.21. The Labute approximate surface area is 125 Å². The molecule has 0 aliphatic heterocycles. The van der Waals surface area contributed by atoms with Crippen molar-refractivity contribution in [3.63, 3.8) is 0 Å². The number of halogens is 1. The van der Waals surface area contributed by atoms with E-state index in [9.17, 15) is 14.4 Å². The van der Waals surface area contributed by atoms with Gasteiger partial charge in [0.15, 0.2) is 11.6 Å². The number of aromatic nitrogens is 2. The lowest BCUT2D eigenvalue weighted by atomic mass is 10.2. The van der Waals surface area contributed by atoms with Crippen LogP contribution in [0.3, 0.4) is 0 Å². The highest BCUT2D eigenvalue weighted by Gasteiger charge is 2.08. The van der Waals surface area contributed by atoms with Crippen molar-refractivity contribution in [1.29, 1.82) is 0 Å². The Balaban J connectivity index is 1.86. The van der Waals surface area contributed by atoms with Crippen molar-refractivity contribution >= 4 is 0 Å². The molecule has 1 N–H and O–H groups in total. The molecule has 0 bridgehead atoms. The minimum Gasteiger partial charge on any atom is -0.454 e. The van der Waals surface area contributed by atoms with Crippen LogP contribution >= 0.6 is 0 Å². The summed E-state index contributed by atoms with van der Waals surface area (Å²) in [6.45, 7) is 0.206. The van der Waals surface area contributed by atoms with Gasteiger partial charge in [-0.05, 0) is 29.8 Å². The molecule has 112 valence electrons. The van der Waals surface area contributed by atoms with E-state index in [-0.39, 0.29) is 12.3 Å². The fraction of sp³-hybridized carbons (Fsp3) is 0.0625. The first-order valence-corrected chi connectivity index (χ1v) is 6.62. The highest BCUT2D eigenvalue weighted by Crippen LogP contribution is 2.25. The van der Waals surface area contributed by atoms with Crippen LogP contribution in [0.4, 0.5) is 4.39 Å². The summed E-state index contributed by atoms with van der Waals surface area (Å²) < 4.78 is 21.1. The number of benzene rings is 2. The number of hydrogen-bond acceptors (Lipinski definition) is 3. The number of hydrogen-bond donors (Lipinski definition) is 1. The van der Waals surface area contributed by atoms with Crippen LogP contribution in [0, 0.1) is 5.82 Å². The first-order chi connectivity index (χ1) is 10.6. The predicted molar refractivity (Wildman–Crippen MR) is 77.9 cm³/mol. The highest BCUT2D eigenvalue weighted by molar-refractivity contribution is 5.35. The standard InChI is InChI=1S/C16H13FN2O3/c17-14-7-6-12(11-18-8-9-19(21)16(18)20)10-15(14)22-13-4-2-1-3-5-13/h1-10,21H,11H2. The van der Waals surface area contributed by atoms with Crippen molar-refractivity contribution in [3.05, 3.63) is 82.8 Å². The van der Waals surface area contributed by atoms with Crippen LogP contribution in [-0.2, 0) is 6.54 Å². The topological polar surface area (TPSA) is 56.4 Å². The number of para-hydroxylation sites is 1. The molecule has 0 atom stereocenters. The lowest BCUT2D eigenvalue weighted by Crippen LogP contribution is -2.22. The van der Waals surface area contributed by atoms with E-state index in [1.54, 1.807) is 30.3 Å². The van der Waals surface area contributed by atoms with Crippen LogP contribution in [0.25, 0.3) is 0 Å². The van der Waals surface area contributed by atoms with Crippen LogP contribution < -0.4 is 10.4 Å². The third kappa shape index (κ3) is 2.85. The summed E-state index contributed by atoms with van der Waals surface area (Å²) in [7, 11) is 0. The Hall–Kier alpha value is -3.02. The Bertz CT molecular complexity index is 840. The Morgan fingerprint density at radius 2 is 1.86 bits per heavy atom. The van der Waals surface area contributed by atoms with Crippen molar-refractivity contribution in [2.24, 2.45) is 0 Å². The number of rotatable bonds is 4. The minimum atomic E-state index is -0.560. The summed E-state index contributed by atoms with van der Waals surface area (Å²) >= 11 is 0. The molecule has 5 nitrogen and oxygen atoms in total. The number of imidazole rings is 1. The van der Waals surface area contributed by atoms with Crippen LogP contribution in [0.1, 0.15) is 5.56 Å². The number of nitrogens with zero attached hydrogens (tertiary/aromatic N) is 2. The van der Waals surface area contributed by atoms with Gasteiger partial charge in [0.1, 0.15) is 5.75 Å². The smallest absolute Gasteiger partial charge is 0.361 e. The van der Waals surface area contributed by atoms with E-state index < -0.39 is 11.5 Å². The van der Waals surface area contributed by atoms with Crippen LogP contribution in [0.15, 0.2) is 65.7 Å². The largest absolute Gasteiger partial charge is 0.454 e. The van der Waals surface area contributed by atoms with E-state index in [2.05, 4.69) is 0 Å². The third-order valence-electron chi connectivity index (χ3n) is 3.15. The van der Waals surface area contributed by atoms with E-state index in [1.807, 2.05) is 6.07 Å². The molecule has 2 aromatic carbocycles. The minimum absolute atomic E-state index is 0.0835. The second-order valence-electron chi connectivity index (χ2n) is 4.73. The lowest BCUT2D eigenvalue weighted by Gasteiger charge is -2.09. The molecule has 0 aliphatic rings. The third-order valence-corrected chi connectivity index (χ3v) is 3.15. The molecule has 0 unspecified atom stereocenters. The fourth-order valence-corrected chi connectivity index (χ4v) is 2.06. The maximum atomic E-state index is 13.8. The van der Waals surface area contributed by atoms with Crippen LogP contribution in [0.5, 0.6) is 11.5 Å². The van der Waals surface area contributed by atoms with Gasteiger partial charge in [-0.15, -0.1) is 4.73 Å². The van der Waals surface area contributed by atoms with Crippen molar-refractivity contribution in [2.75, 3.05) is 0 Å². The molecule has 3 aromatic rings. The summed E-state index contributed by atoms with van der Waals surface area (Å²) in [6.07, 6.45) is 2.69. The molecule has 1 aromatic heterocycles. The van der Waals surface area contributed by atoms with Gasteiger partial charge in [0.25, 0.3) is 0 Å². The van der Waals surface area contributed by atoms with Gasteiger partial charge in [-0.1, -0.05) is 24.3 Å². The highest BCUT2D eigenvalue weighted by atomic mass is 19.1. The quantitative estimate of drug-likeness (QED) is 0.754. The van der Waals surface area contributed by atoms with Gasteiger partial charge in [0.2, 0.25) is 0 Å². The molecule has 0 saturated heterocycles. The molecule has 3 rings (SSSR count). The van der Waals surface area contributed by atoms with E-state index >= 15 is 0 Å². The van der Waals surface area contributed by atoms with Gasteiger partial charge in [-0.2, -0.15) is 0 Å². The zero-order valence-corrected chi connectivity index (χ0v) is 11.5. The van der Waals surface area contributed by atoms with Gasteiger partial charge in [0, 0.05) is 6.20 Å². The molecule has 0 saturated carbocycles. The summed E-state index contributed by atoms with van der Waals surface area (Å²) in [5.74, 6) is 0.122. The Morgan fingerprint density at radius 3 is 2.55 bits per heavy atom. The summed E-state index contributed by atoms with van der Waals surface area (Å²) in [5.41, 5.74) is 0.121. The molecule has 0 radical (unpaired) electrons. The second kappa shape index (κ2) is 5.77. The first-order valence-electron chi connectivity index (χ1n) is 6.62. The lowest BCUT2D eigenvalue weighted by molar-refractivity contribution is 0.173. The van der Waals surface area contributed by atoms with Gasteiger partial charge in [0.05, 0.1) is 12.7 Å². The molecular formula is C16H13FN2O3.